The molecule has 0 aliphatic carbocycles. The highest BCUT2D eigenvalue weighted by atomic mass is 35.5. The van der Waals surface area contributed by atoms with Crippen LogP contribution < -0.4 is 5.73 Å². The average molecular weight is 184 g/mol. The number of benzene rings is 1. The molecule has 11 heavy (non-hydrogen) atoms. The summed E-state index contributed by atoms with van der Waals surface area (Å²) in [5.74, 6) is 0. The van der Waals surface area contributed by atoms with Gasteiger partial charge in [-0.25, -0.2) is 0 Å². The minimum absolute atomic E-state index is 0.763. The number of hydrogen-bond acceptors (Lipinski definition) is 2. The van der Waals surface area contributed by atoms with Crippen LogP contribution in [0.1, 0.15) is 0 Å². The van der Waals surface area contributed by atoms with E-state index in [2.05, 4.69) is 0 Å². The van der Waals surface area contributed by atoms with Crippen molar-refractivity contribution < 1.29 is 0 Å². The first-order valence-electron chi connectivity index (χ1n) is 3.19. The number of hydrogen-bond donors (Lipinski definition) is 1. The van der Waals surface area contributed by atoms with Crippen molar-refractivity contribution in [1.82, 2.24) is 0 Å². The fraction of sp³-hybridized carbons (Fsp3) is 0. The summed E-state index contributed by atoms with van der Waals surface area (Å²) in [6, 6.07) is 5.73. The molecule has 0 aliphatic rings. The van der Waals surface area contributed by atoms with E-state index in [0.717, 1.165) is 20.8 Å². The van der Waals surface area contributed by atoms with E-state index >= 15 is 0 Å². The lowest BCUT2D eigenvalue weighted by atomic mass is 10.2. The normalized spacial score (nSPS) is 10.6. The van der Waals surface area contributed by atoms with Crippen LogP contribution in [-0.2, 0) is 0 Å². The Morgan fingerprint density at radius 3 is 3.00 bits per heavy atom. The molecule has 1 nitrogen and oxygen atoms in total. The Bertz CT molecular complexity index is 394. The third-order valence-electron chi connectivity index (χ3n) is 1.57. The molecule has 1 aromatic carbocycles. The molecule has 0 saturated carbocycles. The minimum Gasteiger partial charge on any atom is -0.398 e. The van der Waals surface area contributed by atoms with Crippen LogP contribution in [0.3, 0.4) is 0 Å². The van der Waals surface area contributed by atoms with E-state index < -0.39 is 0 Å². The molecule has 0 atom stereocenters. The molecule has 2 aromatic rings. The summed E-state index contributed by atoms with van der Waals surface area (Å²) in [6.45, 7) is 0. The van der Waals surface area contributed by atoms with Gasteiger partial charge < -0.3 is 5.73 Å². The lowest BCUT2D eigenvalue weighted by Gasteiger charge is -1.90. The predicted molar refractivity (Wildman–Crippen MR) is 51.2 cm³/mol. The zero-order valence-corrected chi connectivity index (χ0v) is 7.25. The number of rotatable bonds is 0. The molecule has 0 amide bonds. The Morgan fingerprint density at radius 2 is 2.18 bits per heavy atom. The second-order valence-corrected chi connectivity index (χ2v) is 3.68. The third kappa shape index (κ3) is 1.08. The number of nitrogen functional groups attached to an aromatic ring is 1. The number of fused-ring (bicyclic) bond motifs is 1. The molecule has 0 bridgehead atoms. The molecule has 1 aromatic heterocycles. The monoisotopic (exact) mass is 183 g/mol. The van der Waals surface area contributed by atoms with Gasteiger partial charge in [0.25, 0.3) is 0 Å². The molecule has 0 saturated heterocycles. The minimum atomic E-state index is 0.763. The Labute approximate surface area is 73.4 Å². The van der Waals surface area contributed by atoms with Gasteiger partial charge in [0.15, 0.2) is 0 Å². The Kier molecular flexibility index (Phi) is 1.51. The van der Waals surface area contributed by atoms with Crippen molar-refractivity contribution >= 4 is 38.7 Å². The third-order valence-corrected chi connectivity index (χ3v) is 2.77. The van der Waals surface area contributed by atoms with Gasteiger partial charge in [-0.2, -0.15) is 0 Å². The predicted octanol–water partition coefficient (Wildman–Crippen LogP) is 3.14. The van der Waals surface area contributed by atoms with Gasteiger partial charge >= 0.3 is 0 Å². The van der Waals surface area contributed by atoms with Gasteiger partial charge in [0.1, 0.15) is 0 Å². The summed E-state index contributed by atoms with van der Waals surface area (Å²) in [5.41, 5.74) is 6.53. The van der Waals surface area contributed by atoms with Crippen molar-refractivity contribution in [3.05, 3.63) is 28.6 Å². The van der Waals surface area contributed by atoms with Crippen molar-refractivity contribution in [1.29, 1.82) is 0 Å². The Hall–Kier alpha value is -0.730. The van der Waals surface area contributed by atoms with Gasteiger partial charge in [-0.1, -0.05) is 11.6 Å². The number of nitrogens with two attached hydrogens (primary N) is 1. The lowest BCUT2D eigenvalue weighted by Crippen LogP contribution is -1.78. The van der Waals surface area contributed by atoms with Crippen molar-refractivity contribution in [3.63, 3.8) is 0 Å². The SMILES string of the molecule is Nc1csc2cc(Cl)ccc12. The second-order valence-electron chi connectivity index (χ2n) is 2.33. The van der Waals surface area contributed by atoms with E-state index in [1.165, 1.54) is 0 Å². The standard InChI is InChI=1S/C8H6ClNS/c9-5-1-2-6-7(10)4-11-8(6)3-5/h1-4H,10H2. The maximum Gasteiger partial charge on any atom is 0.0502 e. The van der Waals surface area contributed by atoms with Gasteiger partial charge in [-0.3, -0.25) is 0 Å². The quantitative estimate of drug-likeness (QED) is 0.667. The summed E-state index contributed by atoms with van der Waals surface area (Å²) < 4.78 is 1.15. The summed E-state index contributed by atoms with van der Waals surface area (Å²) in [4.78, 5) is 0. The average Bonchev–Trinajstić information content (AvgIpc) is 2.32. The Morgan fingerprint density at radius 1 is 1.36 bits per heavy atom. The highest BCUT2D eigenvalue weighted by Gasteiger charge is 1.99. The number of anilines is 1. The van der Waals surface area contributed by atoms with Crippen molar-refractivity contribution in [2.75, 3.05) is 5.73 Å². The highest BCUT2D eigenvalue weighted by molar-refractivity contribution is 7.17. The van der Waals surface area contributed by atoms with E-state index in [4.69, 9.17) is 17.3 Å². The van der Waals surface area contributed by atoms with Crippen LogP contribution in [0.5, 0.6) is 0 Å². The van der Waals surface area contributed by atoms with E-state index in [0.29, 0.717) is 0 Å². The van der Waals surface area contributed by atoms with Crippen LogP contribution in [0.2, 0.25) is 5.02 Å². The molecule has 0 fully saturated rings. The highest BCUT2D eigenvalue weighted by Crippen LogP contribution is 2.29. The van der Waals surface area contributed by atoms with Crippen LogP contribution in [-0.4, -0.2) is 0 Å². The van der Waals surface area contributed by atoms with Crippen molar-refractivity contribution in [2.45, 2.75) is 0 Å². The molecule has 56 valence electrons. The molecule has 1 heterocycles. The maximum absolute atomic E-state index is 5.79. The maximum atomic E-state index is 5.79. The van der Waals surface area contributed by atoms with Gasteiger partial charge in [0.05, 0.1) is 5.69 Å². The molecule has 2 N–H and O–H groups in total. The number of thiophene rings is 1. The van der Waals surface area contributed by atoms with Crippen LogP contribution in [0.4, 0.5) is 5.69 Å². The van der Waals surface area contributed by atoms with E-state index in [9.17, 15) is 0 Å². The van der Waals surface area contributed by atoms with E-state index in [-0.39, 0.29) is 0 Å². The molecule has 3 heteroatoms. The molecular weight excluding hydrogens is 178 g/mol. The fourth-order valence-corrected chi connectivity index (χ4v) is 2.15. The first kappa shape index (κ1) is 6.95. The second kappa shape index (κ2) is 2.40. The molecule has 0 aliphatic heterocycles. The van der Waals surface area contributed by atoms with Gasteiger partial charge in [0.2, 0.25) is 0 Å². The summed E-state index contributed by atoms with van der Waals surface area (Å²) in [5, 5.41) is 3.79. The van der Waals surface area contributed by atoms with Gasteiger partial charge in [0, 0.05) is 20.5 Å². The molecular formula is C8H6ClNS. The fourth-order valence-electron chi connectivity index (χ4n) is 1.02. The van der Waals surface area contributed by atoms with Crippen LogP contribution >= 0.6 is 22.9 Å². The van der Waals surface area contributed by atoms with Gasteiger partial charge in [-0.15, -0.1) is 11.3 Å². The van der Waals surface area contributed by atoms with Crippen molar-refractivity contribution in [2.24, 2.45) is 0 Å². The van der Waals surface area contributed by atoms with Gasteiger partial charge in [-0.05, 0) is 18.2 Å². The smallest absolute Gasteiger partial charge is 0.0502 e. The van der Waals surface area contributed by atoms with Crippen molar-refractivity contribution in [3.8, 4) is 0 Å². The van der Waals surface area contributed by atoms with Crippen LogP contribution in [0, 0.1) is 0 Å². The first-order chi connectivity index (χ1) is 5.27. The molecule has 0 spiro atoms. The van der Waals surface area contributed by atoms with Crippen LogP contribution in [0.25, 0.3) is 10.1 Å². The molecule has 0 radical (unpaired) electrons. The summed E-state index contributed by atoms with van der Waals surface area (Å²) >= 11 is 7.41. The largest absolute Gasteiger partial charge is 0.398 e. The molecule has 2 rings (SSSR count). The first-order valence-corrected chi connectivity index (χ1v) is 4.45. The number of halogens is 1. The van der Waals surface area contributed by atoms with Crippen LogP contribution in [0.15, 0.2) is 23.6 Å². The van der Waals surface area contributed by atoms with E-state index in [1.54, 1.807) is 11.3 Å². The Balaban J connectivity index is 2.86. The topological polar surface area (TPSA) is 26.0 Å². The summed E-state index contributed by atoms with van der Waals surface area (Å²) in [6.07, 6.45) is 0. The van der Waals surface area contributed by atoms with E-state index in [1.807, 2.05) is 23.6 Å². The summed E-state index contributed by atoms with van der Waals surface area (Å²) in [7, 11) is 0. The zero-order chi connectivity index (χ0) is 7.84. The lowest BCUT2D eigenvalue weighted by molar-refractivity contribution is 1.83. The zero-order valence-electron chi connectivity index (χ0n) is 5.67. The molecule has 0 unspecified atom stereocenters.